The largest absolute Gasteiger partial charge is 0.293 e. The zero-order chi connectivity index (χ0) is 12.4. The fourth-order valence-electron chi connectivity index (χ4n) is 2.25. The zero-order valence-electron chi connectivity index (χ0n) is 10.6. The fraction of sp³-hybridized carbons (Fsp3) is 0.400. The molecule has 0 atom stereocenters. The van der Waals surface area contributed by atoms with E-state index in [9.17, 15) is 4.79 Å². The lowest BCUT2D eigenvalue weighted by Crippen LogP contribution is -2.12. The molecule has 0 N–H and O–H groups in total. The standard InChI is InChI=1S/C15H18OS/c1-4-11(5-2)14(16)15-10(3)12-8-6-7-9-13(12)17-15/h6-9,11H,4-5H2,1-3H3. The number of aryl methyl sites for hydroxylation is 1. The average Bonchev–Trinajstić information content (AvgIpc) is 2.69. The Morgan fingerprint density at radius 1 is 1.24 bits per heavy atom. The van der Waals surface area contributed by atoms with Gasteiger partial charge in [-0.3, -0.25) is 4.79 Å². The van der Waals surface area contributed by atoms with Crippen molar-refractivity contribution in [3.05, 3.63) is 34.7 Å². The molecule has 1 heterocycles. The highest BCUT2D eigenvalue weighted by Crippen LogP contribution is 2.33. The SMILES string of the molecule is CCC(CC)C(=O)c1sc2ccccc2c1C. The van der Waals surface area contributed by atoms with Crippen LogP contribution in [0.3, 0.4) is 0 Å². The van der Waals surface area contributed by atoms with Gasteiger partial charge in [0, 0.05) is 10.6 Å². The van der Waals surface area contributed by atoms with Gasteiger partial charge in [-0.1, -0.05) is 32.0 Å². The lowest BCUT2D eigenvalue weighted by atomic mass is 9.95. The molecule has 0 unspecified atom stereocenters. The van der Waals surface area contributed by atoms with Crippen LogP contribution in [-0.2, 0) is 0 Å². The first kappa shape index (κ1) is 12.3. The third-order valence-corrected chi connectivity index (χ3v) is 4.71. The number of hydrogen-bond donors (Lipinski definition) is 0. The maximum absolute atomic E-state index is 12.4. The summed E-state index contributed by atoms with van der Waals surface area (Å²) in [5.41, 5.74) is 1.16. The molecule has 0 bridgehead atoms. The molecule has 0 spiro atoms. The molecule has 1 aromatic carbocycles. The van der Waals surface area contributed by atoms with Crippen LogP contribution in [0.5, 0.6) is 0 Å². The van der Waals surface area contributed by atoms with E-state index in [1.807, 2.05) is 12.1 Å². The van der Waals surface area contributed by atoms with Gasteiger partial charge in [-0.2, -0.15) is 0 Å². The zero-order valence-corrected chi connectivity index (χ0v) is 11.4. The van der Waals surface area contributed by atoms with Crippen LogP contribution in [0.25, 0.3) is 10.1 Å². The van der Waals surface area contributed by atoms with E-state index in [4.69, 9.17) is 0 Å². The maximum Gasteiger partial charge on any atom is 0.176 e. The third-order valence-electron chi connectivity index (χ3n) is 3.42. The highest BCUT2D eigenvalue weighted by molar-refractivity contribution is 7.21. The van der Waals surface area contributed by atoms with E-state index >= 15 is 0 Å². The highest BCUT2D eigenvalue weighted by atomic mass is 32.1. The van der Waals surface area contributed by atoms with E-state index in [0.717, 1.165) is 23.3 Å². The van der Waals surface area contributed by atoms with Crippen molar-refractivity contribution < 1.29 is 4.79 Å². The van der Waals surface area contributed by atoms with E-state index in [0.29, 0.717) is 5.78 Å². The molecule has 0 saturated heterocycles. The normalized spacial score (nSPS) is 11.3. The van der Waals surface area contributed by atoms with Crippen LogP contribution >= 0.6 is 11.3 Å². The molecule has 0 aliphatic carbocycles. The minimum atomic E-state index is 0.182. The Bertz CT molecular complexity index is 535. The van der Waals surface area contributed by atoms with Gasteiger partial charge in [-0.15, -0.1) is 11.3 Å². The van der Waals surface area contributed by atoms with Crippen molar-refractivity contribution in [3.63, 3.8) is 0 Å². The predicted molar refractivity (Wildman–Crippen MR) is 75.0 cm³/mol. The van der Waals surface area contributed by atoms with Gasteiger partial charge in [-0.25, -0.2) is 0 Å². The summed E-state index contributed by atoms with van der Waals surface area (Å²) < 4.78 is 1.22. The molecule has 0 aliphatic rings. The summed E-state index contributed by atoms with van der Waals surface area (Å²) in [5, 5.41) is 1.23. The van der Waals surface area contributed by atoms with Gasteiger partial charge in [0.25, 0.3) is 0 Å². The average molecular weight is 246 g/mol. The monoisotopic (exact) mass is 246 g/mol. The van der Waals surface area contributed by atoms with Crippen LogP contribution in [0.4, 0.5) is 0 Å². The number of rotatable bonds is 4. The topological polar surface area (TPSA) is 17.1 Å². The van der Waals surface area contributed by atoms with Gasteiger partial charge >= 0.3 is 0 Å². The maximum atomic E-state index is 12.4. The molecule has 0 saturated carbocycles. The number of fused-ring (bicyclic) bond motifs is 1. The molecule has 0 amide bonds. The van der Waals surface area contributed by atoms with Crippen molar-refractivity contribution in [2.75, 3.05) is 0 Å². The minimum absolute atomic E-state index is 0.182. The lowest BCUT2D eigenvalue weighted by molar-refractivity contribution is 0.0917. The van der Waals surface area contributed by atoms with E-state index in [1.54, 1.807) is 11.3 Å². The molecule has 1 nitrogen and oxygen atoms in total. The van der Waals surface area contributed by atoms with Crippen molar-refractivity contribution in [2.24, 2.45) is 5.92 Å². The predicted octanol–water partition coefficient (Wildman–Crippen LogP) is 4.83. The highest BCUT2D eigenvalue weighted by Gasteiger charge is 2.21. The van der Waals surface area contributed by atoms with Crippen LogP contribution in [0.1, 0.15) is 41.9 Å². The Morgan fingerprint density at radius 2 is 1.88 bits per heavy atom. The van der Waals surface area contributed by atoms with E-state index < -0.39 is 0 Å². The van der Waals surface area contributed by atoms with Gasteiger partial charge < -0.3 is 0 Å². The van der Waals surface area contributed by atoms with Crippen LogP contribution in [0.15, 0.2) is 24.3 Å². The van der Waals surface area contributed by atoms with Gasteiger partial charge in [-0.05, 0) is 36.8 Å². The Hall–Kier alpha value is -1.15. The van der Waals surface area contributed by atoms with Gasteiger partial charge in [0.05, 0.1) is 4.88 Å². The molecular formula is C15H18OS. The van der Waals surface area contributed by atoms with Crippen molar-refractivity contribution in [1.82, 2.24) is 0 Å². The first-order valence-electron chi connectivity index (χ1n) is 6.21. The Balaban J connectivity index is 2.49. The molecule has 0 fully saturated rings. The third kappa shape index (κ3) is 2.14. The van der Waals surface area contributed by atoms with Crippen molar-refractivity contribution in [3.8, 4) is 0 Å². The molecule has 90 valence electrons. The second-order valence-corrected chi connectivity index (χ2v) is 5.48. The van der Waals surface area contributed by atoms with Crippen molar-refractivity contribution >= 4 is 27.2 Å². The molecule has 0 radical (unpaired) electrons. The molecule has 2 aromatic rings. The number of ketones is 1. The van der Waals surface area contributed by atoms with Crippen LogP contribution in [0.2, 0.25) is 0 Å². The molecular weight excluding hydrogens is 228 g/mol. The van der Waals surface area contributed by atoms with Crippen molar-refractivity contribution in [2.45, 2.75) is 33.6 Å². The number of benzene rings is 1. The lowest BCUT2D eigenvalue weighted by Gasteiger charge is -2.09. The number of hydrogen-bond acceptors (Lipinski definition) is 2. The molecule has 0 aliphatic heterocycles. The molecule has 17 heavy (non-hydrogen) atoms. The Labute approximate surface area is 106 Å². The minimum Gasteiger partial charge on any atom is -0.293 e. The summed E-state index contributed by atoms with van der Waals surface area (Å²) in [7, 11) is 0. The summed E-state index contributed by atoms with van der Waals surface area (Å²) in [4.78, 5) is 13.4. The van der Waals surface area contributed by atoms with Gasteiger partial charge in [0.1, 0.15) is 0 Å². The smallest absolute Gasteiger partial charge is 0.176 e. The van der Waals surface area contributed by atoms with E-state index in [2.05, 4.69) is 32.9 Å². The summed E-state index contributed by atoms with van der Waals surface area (Å²) >= 11 is 1.64. The Morgan fingerprint density at radius 3 is 2.47 bits per heavy atom. The van der Waals surface area contributed by atoms with Crippen LogP contribution < -0.4 is 0 Å². The van der Waals surface area contributed by atoms with Crippen LogP contribution in [-0.4, -0.2) is 5.78 Å². The summed E-state index contributed by atoms with van der Waals surface area (Å²) in [6.07, 6.45) is 1.87. The summed E-state index contributed by atoms with van der Waals surface area (Å²) in [6, 6.07) is 8.26. The number of thiophene rings is 1. The molecule has 1 aromatic heterocycles. The van der Waals surface area contributed by atoms with E-state index in [-0.39, 0.29) is 5.92 Å². The number of carbonyl (C=O) groups is 1. The Kier molecular flexibility index (Phi) is 3.63. The second-order valence-electron chi connectivity index (χ2n) is 4.43. The second kappa shape index (κ2) is 5.01. The molecule has 2 rings (SSSR count). The van der Waals surface area contributed by atoms with Crippen molar-refractivity contribution in [1.29, 1.82) is 0 Å². The fourth-order valence-corrected chi connectivity index (χ4v) is 3.48. The first-order valence-corrected chi connectivity index (χ1v) is 7.03. The first-order chi connectivity index (χ1) is 8.19. The van der Waals surface area contributed by atoms with Crippen LogP contribution in [0, 0.1) is 12.8 Å². The number of carbonyl (C=O) groups excluding carboxylic acids is 1. The summed E-state index contributed by atoms with van der Waals surface area (Å²) in [5.74, 6) is 0.510. The van der Waals surface area contributed by atoms with E-state index in [1.165, 1.54) is 10.1 Å². The van der Waals surface area contributed by atoms with Gasteiger partial charge in [0.15, 0.2) is 5.78 Å². The van der Waals surface area contributed by atoms with Gasteiger partial charge in [0.2, 0.25) is 0 Å². The quantitative estimate of drug-likeness (QED) is 0.706. The molecule has 2 heteroatoms. The summed E-state index contributed by atoms with van der Waals surface area (Å²) in [6.45, 7) is 6.25. The number of Topliss-reactive ketones (excluding diaryl/α,β-unsaturated/α-hetero) is 1.